The van der Waals surface area contributed by atoms with Crippen LogP contribution in [0.25, 0.3) is 0 Å². The standard InChI is InChI=1S/C34H32N2O4P2S2/c1-39-31(37)29-30(32(38)40-2)42(27-21-13-7-14-22-27,28-23-15-8-16-24-28)36(33(44-42)35-41(3,4)43)34(29,25-17-9-5-10-18-25)26-19-11-6-12-20-26/h5-24H,1-4H3. The third-order valence-corrected chi connectivity index (χ3v) is 18.9. The minimum absolute atomic E-state index is 0.216. The van der Waals surface area contributed by atoms with Crippen molar-refractivity contribution in [2.75, 3.05) is 27.5 Å². The van der Waals surface area contributed by atoms with Gasteiger partial charge in [0.2, 0.25) is 0 Å². The zero-order valence-electron chi connectivity index (χ0n) is 24.8. The fraction of sp³-hybridized carbons (Fsp3) is 0.147. The molecule has 0 bridgehead atoms. The Morgan fingerprint density at radius 1 is 0.727 bits per heavy atom. The van der Waals surface area contributed by atoms with E-state index in [4.69, 9.17) is 26.0 Å². The van der Waals surface area contributed by atoms with Crippen molar-refractivity contribution in [3.05, 3.63) is 143 Å². The van der Waals surface area contributed by atoms with Gasteiger partial charge in [-0.2, -0.15) is 0 Å². The van der Waals surface area contributed by atoms with Crippen LogP contribution in [0, 0.1) is 0 Å². The predicted molar refractivity (Wildman–Crippen MR) is 187 cm³/mol. The number of hydrogen-bond acceptors (Lipinski definition) is 6. The molecule has 2 aliphatic rings. The van der Waals surface area contributed by atoms with Gasteiger partial charge >= 0.3 is 268 Å². The number of methoxy groups -OCH3 is 2. The molecule has 224 valence electrons. The second kappa shape index (κ2) is 11.1. The summed E-state index contributed by atoms with van der Waals surface area (Å²) in [5.41, 5.74) is 0.476. The van der Waals surface area contributed by atoms with Gasteiger partial charge in [-0.3, -0.25) is 0 Å². The minimum atomic E-state index is -4.18. The van der Waals surface area contributed by atoms with Crippen LogP contribution < -0.4 is 10.6 Å². The second-order valence-corrected chi connectivity index (χ2v) is 23.5. The molecule has 6 rings (SSSR count). The van der Waals surface area contributed by atoms with E-state index in [2.05, 4.69) is 4.67 Å². The Morgan fingerprint density at radius 3 is 1.52 bits per heavy atom. The van der Waals surface area contributed by atoms with Crippen LogP contribution in [0.4, 0.5) is 0 Å². The molecule has 0 spiro atoms. The van der Waals surface area contributed by atoms with Gasteiger partial charge in [-0.25, -0.2) is 0 Å². The summed E-state index contributed by atoms with van der Waals surface area (Å²) in [6.07, 6.45) is -2.19. The van der Waals surface area contributed by atoms with Crippen LogP contribution in [0.5, 0.6) is 0 Å². The van der Waals surface area contributed by atoms with E-state index in [1.54, 1.807) is 11.4 Å². The molecule has 0 atom stereocenters. The van der Waals surface area contributed by atoms with Gasteiger partial charge in [0.05, 0.1) is 0 Å². The van der Waals surface area contributed by atoms with Gasteiger partial charge in [0.25, 0.3) is 0 Å². The Labute approximate surface area is 267 Å². The maximum absolute atomic E-state index is 14.6. The van der Waals surface area contributed by atoms with Gasteiger partial charge in [-0.05, 0) is 0 Å². The zero-order chi connectivity index (χ0) is 31.2. The molecule has 4 aromatic carbocycles. The number of carbonyl (C=O) groups is 2. The Kier molecular flexibility index (Phi) is 7.70. The summed E-state index contributed by atoms with van der Waals surface area (Å²) < 4.78 is 18.7. The van der Waals surface area contributed by atoms with Crippen LogP contribution in [0.1, 0.15) is 11.1 Å². The van der Waals surface area contributed by atoms with E-state index in [1.807, 2.05) is 135 Å². The average Bonchev–Trinajstić information content (AvgIpc) is 3.25. The van der Waals surface area contributed by atoms with E-state index >= 15 is 0 Å². The summed E-state index contributed by atoms with van der Waals surface area (Å²) in [6.45, 7) is 3.96. The SMILES string of the molecule is COC(=O)C1=C(C(=O)OC)P2(c3ccccc3)(c3ccccc3)SC(=NP(C)(C)=S)N2C1(c1ccccc1)c1ccccc1. The first-order valence-electron chi connectivity index (χ1n) is 14.0. The Hall–Kier alpha value is -3.54. The predicted octanol–water partition coefficient (Wildman–Crippen LogP) is 6.64. The van der Waals surface area contributed by atoms with Crippen molar-refractivity contribution < 1.29 is 19.1 Å². The van der Waals surface area contributed by atoms with E-state index in [0.717, 1.165) is 21.7 Å². The zero-order valence-corrected chi connectivity index (χ0v) is 28.2. The molecule has 1 saturated heterocycles. The average molecular weight is 659 g/mol. The van der Waals surface area contributed by atoms with Crippen molar-refractivity contribution in [1.82, 2.24) is 4.67 Å². The maximum atomic E-state index is 14.6. The third-order valence-electron chi connectivity index (χ3n) is 8.10. The molecule has 0 aliphatic carbocycles. The molecule has 1 fully saturated rings. The molecule has 0 unspecified atom stereocenters. The molecule has 0 aromatic heterocycles. The monoisotopic (exact) mass is 658 g/mol. The van der Waals surface area contributed by atoms with Crippen molar-refractivity contribution in [1.29, 1.82) is 0 Å². The van der Waals surface area contributed by atoms with Crippen LogP contribution >= 0.6 is 23.5 Å². The third kappa shape index (κ3) is 4.05. The number of esters is 2. The van der Waals surface area contributed by atoms with Crippen LogP contribution in [0.15, 0.2) is 137 Å². The van der Waals surface area contributed by atoms with Gasteiger partial charge in [0.15, 0.2) is 0 Å². The van der Waals surface area contributed by atoms with Crippen LogP contribution in [0.2, 0.25) is 0 Å². The second-order valence-electron chi connectivity index (χ2n) is 10.9. The first-order chi connectivity index (χ1) is 21.2. The number of rotatable bonds is 7. The van der Waals surface area contributed by atoms with E-state index < -0.39 is 29.6 Å². The molecule has 2 heterocycles. The van der Waals surface area contributed by atoms with Crippen molar-refractivity contribution in [3.63, 3.8) is 0 Å². The van der Waals surface area contributed by atoms with E-state index in [1.165, 1.54) is 14.2 Å². The van der Waals surface area contributed by atoms with E-state index in [0.29, 0.717) is 10.5 Å². The van der Waals surface area contributed by atoms with Crippen molar-refractivity contribution >= 4 is 63.0 Å². The van der Waals surface area contributed by atoms with Crippen LogP contribution in [-0.4, -0.2) is 49.3 Å². The van der Waals surface area contributed by atoms with Gasteiger partial charge in [0.1, 0.15) is 0 Å². The van der Waals surface area contributed by atoms with Gasteiger partial charge in [-0.1, -0.05) is 0 Å². The van der Waals surface area contributed by atoms with Crippen molar-refractivity contribution in [2.45, 2.75) is 5.54 Å². The molecular formula is C34H32N2O4P2S2. The number of hydrogen-bond donors (Lipinski definition) is 0. The molecule has 4 aromatic rings. The number of carbonyl (C=O) groups excluding carboxylic acids is 2. The Morgan fingerprint density at radius 2 is 1.14 bits per heavy atom. The number of fused-ring (bicyclic) bond motifs is 1. The first-order valence-corrected chi connectivity index (χ1v) is 21.2. The number of ether oxygens (including phenoxy) is 2. The van der Waals surface area contributed by atoms with Crippen LogP contribution in [0.3, 0.4) is 0 Å². The molecule has 0 saturated carbocycles. The fourth-order valence-corrected chi connectivity index (χ4v) is 19.1. The normalized spacial score (nSPS) is 19.7. The summed E-state index contributed by atoms with van der Waals surface area (Å²) in [5.74, 6) is -5.38. The molecule has 44 heavy (non-hydrogen) atoms. The number of benzene rings is 4. The fourth-order valence-electron chi connectivity index (χ4n) is 6.62. The van der Waals surface area contributed by atoms with E-state index in [-0.39, 0.29) is 5.57 Å². The molecule has 0 N–H and O–H groups in total. The molecule has 2 aliphatic heterocycles. The Balaban J connectivity index is 1.98. The quantitative estimate of drug-likeness (QED) is 0.163. The van der Waals surface area contributed by atoms with Gasteiger partial charge < -0.3 is 0 Å². The molecule has 6 nitrogen and oxygen atoms in total. The molecule has 0 radical (unpaired) electrons. The van der Waals surface area contributed by atoms with Crippen molar-refractivity contribution in [2.24, 2.45) is 4.76 Å². The summed E-state index contributed by atoms with van der Waals surface area (Å²) in [6, 6.07) is 39.6. The van der Waals surface area contributed by atoms with Gasteiger partial charge in [-0.15, -0.1) is 0 Å². The summed E-state index contributed by atoms with van der Waals surface area (Å²) in [5, 5.41) is 2.76. The number of amidine groups is 1. The van der Waals surface area contributed by atoms with Crippen molar-refractivity contribution in [3.8, 4) is 0 Å². The summed E-state index contributed by atoms with van der Waals surface area (Å²) in [7, 11) is 2.71. The summed E-state index contributed by atoms with van der Waals surface area (Å²) >= 11 is 7.49. The number of nitrogens with zero attached hydrogens (tertiary/aromatic N) is 2. The molecular weight excluding hydrogens is 626 g/mol. The molecule has 10 heteroatoms. The van der Waals surface area contributed by atoms with Crippen LogP contribution in [-0.2, 0) is 36.4 Å². The van der Waals surface area contributed by atoms with Gasteiger partial charge in [0, 0.05) is 0 Å². The first kappa shape index (κ1) is 30.5. The Bertz CT molecular complexity index is 1780. The molecule has 0 amide bonds. The summed E-state index contributed by atoms with van der Waals surface area (Å²) in [4.78, 5) is 29.1. The topological polar surface area (TPSA) is 68.2 Å². The van der Waals surface area contributed by atoms with E-state index in [9.17, 15) is 9.59 Å².